The molecule has 0 aliphatic heterocycles. The normalized spacial score (nSPS) is 29.4. The van der Waals surface area contributed by atoms with Gasteiger partial charge in [-0.25, -0.2) is 0 Å². The summed E-state index contributed by atoms with van der Waals surface area (Å²) >= 11 is 0. The monoisotopic (exact) mass is 263 g/mol. The van der Waals surface area contributed by atoms with Crippen LogP contribution in [0.1, 0.15) is 65.1 Å². The van der Waals surface area contributed by atoms with Crippen molar-refractivity contribution in [3.63, 3.8) is 0 Å². The highest BCUT2D eigenvalue weighted by Crippen LogP contribution is 2.29. The highest BCUT2D eigenvalue weighted by atomic mass is 15.3. The molecule has 19 heavy (non-hydrogen) atoms. The van der Waals surface area contributed by atoms with Crippen LogP contribution in [0.2, 0.25) is 0 Å². The van der Waals surface area contributed by atoms with Gasteiger partial charge in [-0.1, -0.05) is 20.8 Å². The van der Waals surface area contributed by atoms with E-state index in [4.69, 9.17) is 0 Å². The van der Waals surface area contributed by atoms with Gasteiger partial charge in [0.1, 0.15) is 0 Å². The largest absolute Gasteiger partial charge is 0.308 e. The zero-order valence-corrected chi connectivity index (χ0v) is 12.9. The summed E-state index contributed by atoms with van der Waals surface area (Å²) in [6.07, 6.45) is 7.23. The molecule has 1 heterocycles. The second-order valence-electron chi connectivity index (χ2n) is 6.39. The van der Waals surface area contributed by atoms with Crippen molar-refractivity contribution in [3.05, 3.63) is 18.0 Å². The Morgan fingerprint density at radius 1 is 1.37 bits per heavy atom. The molecule has 3 heteroatoms. The molecule has 4 unspecified atom stereocenters. The molecule has 1 aromatic rings. The first-order chi connectivity index (χ1) is 9.10. The minimum absolute atomic E-state index is 0.504. The lowest BCUT2D eigenvalue weighted by molar-refractivity contribution is 0.225. The molecule has 1 aliphatic carbocycles. The second-order valence-corrected chi connectivity index (χ2v) is 6.39. The van der Waals surface area contributed by atoms with Gasteiger partial charge in [-0.05, 0) is 50.5 Å². The van der Waals surface area contributed by atoms with Crippen LogP contribution in [0.5, 0.6) is 0 Å². The molecule has 1 aliphatic rings. The molecule has 4 atom stereocenters. The molecular formula is C16H29N3. The van der Waals surface area contributed by atoms with Crippen molar-refractivity contribution in [2.45, 2.75) is 72.0 Å². The van der Waals surface area contributed by atoms with Crippen molar-refractivity contribution in [3.8, 4) is 0 Å². The van der Waals surface area contributed by atoms with Crippen molar-refractivity contribution in [2.75, 3.05) is 0 Å². The molecule has 108 valence electrons. The standard InChI is InChI=1S/C16H29N3/c1-5-14(4)19-9-8-16(18-19)11-17-15-7-6-12(2)13(3)10-15/h8-9,12-15,17H,5-7,10-11H2,1-4H3. The second kappa shape index (κ2) is 6.56. The molecule has 0 radical (unpaired) electrons. The summed E-state index contributed by atoms with van der Waals surface area (Å²) in [5, 5.41) is 8.34. The Morgan fingerprint density at radius 2 is 2.16 bits per heavy atom. The highest BCUT2D eigenvalue weighted by Gasteiger charge is 2.24. The van der Waals surface area contributed by atoms with Gasteiger partial charge in [0.15, 0.2) is 0 Å². The van der Waals surface area contributed by atoms with E-state index in [-0.39, 0.29) is 0 Å². The molecular weight excluding hydrogens is 234 g/mol. The fourth-order valence-electron chi connectivity index (χ4n) is 2.89. The summed E-state index contributed by atoms with van der Waals surface area (Å²) < 4.78 is 2.09. The maximum Gasteiger partial charge on any atom is 0.0762 e. The van der Waals surface area contributed by atoms with E-state index < -0.39 is 0 Å². The number of hydrogen-bond donors (Lipinski definition) is 1. The Kier molecular flexibility index (Phi) is 5.03. The summed E-state index contributed by atoms with van der Waals surface area (Å²) in [6.45, 7) is 10.1. The van der Waals surface area contributed by atoms with Crippen molar-refractivity contribution in [2.24, 2.45) is 11.8 Å². The quantitative estimate of drug-likeness (QED) is 0.876. The lowest BCUT2D eigenvalue weighted by Gasteiger charge is -2.32. The lowest BCUT2D eigenvalue weighted by atomic mass is 9.79. The average molecular weight is 263 g/mol. The van der Waals surface area contributed by atoms with Gasteiger partial charge < -0.3 is 5.32 Å². The van der Waals surface area contributed by atoms with E-state index in [0.29, 0.717) is 12.1 Å². The van der Waals surface area contributed by atoms with Crippen molar-refractivity contribution < 1.29 is 0 Å². The van der Waals surface area contributed by atoms with E-state index in [1.807, 2.05) is 0 Å². The molecule has 0 aromatic carbocycles. The van der Waals surface area contributed by atoms with Crippen LogP contribution in [0.15, 0.2) is 12.3 Å². The average Bonchev–Trinajstić information content (AvgIpc) is 2.88. The van der Waals surface area contributed by atoms with Crippen LogP contribution in [0.25, 0.3) is 0 Å². The van der Waals surface area contributed by atoms with Gasteiger partial charge in [-0.3, -0.25) is 4.68 Å². The molecule has 0 amide bonds. The van der Waals surface area contributed by atoms with Gasteiger partial charge >= 0.3 is 0 Å². The third kappa shape index (κ3) is 3.82. The number of hydrogen-bond acceptors (Lipinski definition) is 2. The minimum Gasteiger partial charge on any atom is -0.308 e. The molecule has 0 bridgehead atoms. The Hall–Kier alpha value is -0.830. The molecule has 0 saturated heterocycles. The Balaban J connectivity index is 1.81. The molecule has 0 spiro atoms. The van der Waals surface area contributed by atoms with Crippen LogP contribution in [0, 0.1) is 11.8 Å². The zero-order valence-electron chi connectivity index (χ0n) is 12.9. The highest BCUT2D eigenvalue weighted by molar-refractivity contribution is 4.99. The van der Waals surface area contributed by atoms with E-state index in [9.17, 15) is 0 Å². The first kappa shape index (κ1) is 14.6. The van der Waals surface area contributed by atoms with E-state index in [2.05, 4.69) is 55.1 Å². The van der Waals surface area contributed by atoms with Crippen LogP contribution >= 0.6 is 0 Å². The van der Waals surface area contributed by atoms with Crippen molar-refractivity contribution >= 4 is 0 Å². The van der Waals surface area contributed by atoms with Gasteiger partial charge in [0, 0.05) is 24.8 Å². The topological polar surface area (TPSA) is 29.9 Å². The van der Waals surface area contributed by atoms with E-state index in [1.54, 1.807) is 0 Å². The maximum absolute atomic E-state index is 4.65. The lowest BCUT2D eigenvalue weighted by Crippen LogP contribution is -2.35. The van der Waals surface area contributed by atoms with Gasteiger partial charge in [0.2, 0.25) is 0 Å². The summed E-state index contributed by atoms with van der Waals surface area (Å²) in [7, 11) is 0. The predicted octanol–water partition coefficient (Wildman–Crippen LogP) is 3.77. The predicted molar refractivity (Wildman–Crippen MR) is 80.0 cm³/mol. The molecule has 1 saturated carbocycles. The van der Waals surface area contributed by atoms with Crippen LogP contribution in [-0.4, -0.2) is 15.8 Å². The first-order valence-electron chi connectivity index (χ1n) is 7.87. The fourth-order valence-corrected chi connectivity index (χ4v) is 2.89. The number of nitrogens with zero attached hydrogens (tertiary/aromatic N) is 2. The van der Waals surface area contributed by atoms with E-state index in [0.717, 1.165) is 24.8 Å². The minimum atomic E-state index is 0.504. The van der Waals surface area contributed by atoms with Crippen LogP contribution < -0.4 is 5.32 Å². The maximum atomic E-state index is 4.65. The van der Waals surface area contributed by atoms with E-state index >= 15 is 0 Å². The number of nitrogens with one attached hydrogen (secondary N) is 1. The van der Waals surface area contributed by atoms with Gasteiger partial charge in [-0.2, -0.15) is 5.10 Å². The summed E-state index contributed by atoms with van der Waals surface area (Å²) in [4.78, 5) is 0. The van der Waals surface area contributed by atoms with Crippen LogP contribution in [0.3, 0.4) is 0 Å². The van der Waals surface area contributed by atoms with Crippen LogP contribution in [-0.2, 0) is 6.54 Å². The summed E-state index contributed by atoms with van der Waals surface area (Å²) in [5.74, 6) is 1.74. The Morgan fingerprint density at radius 3 is 2.84 bits per heavy atom. The number of rotatable bonds is 5. The fraction of sp³-hybridized carbons (Fsp3) is 0.812. The SMILES string of the molecule is CCC(C)n1ccc(CNC2CCC(C)C(C)C2)n1. The number of aromatic nitrogens is 2. The van der Waals surface area contributed by atoms with Gasteiger partial charge in [0.05, 0.1) is 5.69 Å². The Bertz CT molecular complexity index is 385. The molecule has 1 aromatic heterocycles. The molecule has 1 fully saturated rings. The smallest absolute Gasteiger partial charge is 0.0762 e. The van der Waals surface area contributed by atoms with Crippen molar-refractivity contribution in [1.82, 2.24) is 15.1 Å². The van der Waals surface area contributed by atoms with Gasteiger partial charge in [0.25, 0.3) is 0 Å². The van der Waals surface area contributed by atoms with Crippen molar-refractivity contribution in [1.29, 1.82) is 0 Å². The molecule has 3 nitrogen and oxygen atoms in total. The first-order valence-corrected chi connectivity index (χ1v) is 7.87. The van der Waals surface area contributed by atoms with Gasteiger partial charge in [-0.15, -0.1) is 0 Å². The third-order valence-corrected chi connectivity index (χ3v) is 4.88. The Labute approximate surface area is 117 Å². The summed E-state index contributed by atoms with van der Waals surface area (Å²) in [5.41, 5.74) is 1.17. The molecule has 1 N–H and O–H groups in total. The summed E-state index contributed by atoms with van der Waals surface area (Å²) in [6, 6.07) is 3.33. The third-order valence-electron chi connectivity index (χ3n) is 4.88. The zero-order chi connectivity index (χ0) is 13.8. The van der Waals surface area contributed by atoms with E-state index in [1.165, 1.54) is 25.0 Å². The van der Waals surface area contributed by atoms with Crippen LogP contribution in [0.4, 0.5) is 0 Å². The molecule has 2 rings (SSSR count).